The van der Waals surface area contributed by atoms with Gasteiger partial charge in [0.1, 0.15) is 0 Å². The lowest BCUT2D eigenvalue weighted by molar-refractivity contribution is 1.05. The van der Waals surface area contributed by atoms with Gasteiger partial charge in [0.25, 0.3) is 0 Å². The molecule has 0 amide bonds. The van der Waals surface area contributed by atoms with Gasteiger partial charge in [-0.2, -0.15) is 0 Å². The summed E-state index contributed by atoms with van der Waals surface area (Å²) in [6.45, 7) is 2.84. The van der Waals surface area contributed by atoms with E-state index >= 15 is 0 Å². The monoisotopic (exact) mass is 374 g/mol. The van der Waals surface area contributed by atoms with Crippen LogP contribution >= 0.6 is 0 Å². The van der Waals surface area contributed by atoms with Crippen LogP contribution in [-0.2, 0) is 6.54 Å². The molecular formula is C27H22N2. The van der Waals surface area contributed by atoms with Crippen LogP contribution in [0.15, 0.2) is 97.1 Å². The summed E-state index contributed by atoms with van der Waals surface area (Å²) in [4.78, 5) is 4.96. The molecule has 0 aliphatic rings. The standard InChI is InChI=1S/C27H22N2/c1-19-16-17-21-9-3-5-13-24(21)27(19)28-18-22-11-7-15-26(29-22)25-14-6-10-20-8-2-4-12-23(20)25/h2-17,28H,18H2,1H3. The van der Waals surface area contributed by atoms with E-state index in [0.29, 0.717) is 6.54 Å². The molecule has 5 rings (SSSR count). The Balaban J connectivity index is 1.48. The number of aromatic nitrogens is 1. The van der Waals surface area contributed by atoms with Crippen molar-refractivity contribution in [2.45, 2.75) is 13.5 Å². The Kier molecular flexibility index (Phi) is 4.45. The normalized spacial score (nSPS) is 11.1. The van der Waals surface area contributed by atoms with Gasteiger partial charge in [0.15, 0.2) is 0 Å². The highest BCUT2D eigenvalue weighted by molar-refractivity contribution is 5.96. The molecule has 0 radical (unpaired) electrons. The summed E-state index contributed by atoms with van der Waals surface area (Å²) in [7, 11) is 0. The third kappa shape index (κ3) is 3.34. The van der Waals surface area contributed by atoms with Crippen LogP contribution in [0.3, 0.4) is 0 Å². The average molecular weight is 374 g/mol. The van der Waals surface area contributed by atoms with Gasteiger partial charge in [0, 0.05) is 16.6 Å². The largest absolute Gasteiger partial charge is 0.379 e. The number of hydrogen-bond donors (Lipinski definition) is 1. The fourth-order valence-electron chi connectivity index (χ4n) is 3.97. The van der Waals surface area contributed by atoms with E-state index in [0.717, 1.165) is 11.4 Å². The predicted molar refractivity (Wildman–Crippen MR) is 123 cm³/mol. The summed E-state index contributed by atoms with van der Waals surface area (Å²) in [6, 6.07) is 34.0. The van der Waals surface area contributed by atoms with Gasteiger partial charge < -0.3 is 5.32 Å². The Hall–Kier alpha value is -3.65. The third-order valence-electron chi connectivity index (χ3n) is 5.46. The van der Waals surface area contributed by atoms with Crippen molar-refractivity contribution in [3.05, 3.63) is 108 Å². The zero-order valence-corrected chi connectivity index (χ0v) is 16.4. The number of pyridine rings is 1. The van der Waals surface area contributed by atoms with Gasteiger partial charge in [-0.25, -0.2) is 0 Å². The first-order chi connectivity index (χ1) is 14.3. The smallest absolute Gasteiger partial charge is 0.0712 e. The number of nitrogens with zero attached hydrogens (tertiary/aromatic N) is 1. The highest BCUT2D eigenvalue weighted by Crippen LogP contribution is 2.29. The Morgan fingerprint density at radius 2 is 1.34 bits per heavy atom. The molecule has 0 aliphatic carbocycles. The molecular weight excluding hydrogens is 352 g/mol. The molecule has 29 heavy (non-hydrogen) atoms. The molecule has 140 valence electrons. The molecule has 0 aliphatic heterocycles. The van der Waals surface area contributed by atoms with Crippen molar-refractivity contribution in [2.75, 3.05) is 5.32 Å². The van der Waals surface area contributed by atoms with Gasteiger partial charge >= 0.3 is 0 Å². The van der Waals surface area contributed by atoms with Crippen molar-refractivity contribution in [1.82, 2.24) is 4.98 Å². The van der Waals surface area contributed by atoms with Crippen LogP contribution in [0.25, 0.3) is 32.8 Å². The van der Waals surface area contributed by atoms with E-state index in [4.69, 9.17) is 4.98 Å². The molecule has 0 saturated heterocycles. The van der Waals surface area contributed by atoms with Gasteiger partial charge in [-0.05, 0) is 40.8 Å². The lowest BCUT2D eigenvalue weighted by atomic mass is 10.0. The van der Waals surface area contributed by atoms with Crippen molar-refractivity contribution >= 4 is 27.2 Å². The highest BCUT2D eigenvalue weighted by Gasteiger charge is 2.08. The minimum Gasteiger partial charge on any atom is -0.379 e. The zero-order valence-electron chi connectivity index (χ0n) is 16.4. The first-order valence-corrected chi connectivity index (χ1v) is 9.96. The van der Waals surface area contributed by atoms with E-state index in [1.165, 1.54) is 38.4 Å². The SMILES string of the molecule is Cc1ccc2ccccc2c1NCc1cccc(-c2cccc3ccccc23)n1. The van der Waals surface area contributed by atoms with Crippen LogP contribution in [0.4, 0.5) is 5.69 Å². The second kappa shape index (κ2) is 7.40. The maximum Gasteiger partial charge on any atom is 0.0712 e. The number of hydrogen-bond acceptors (Lipinski definition) is 2. The summed E-state index contributed by atoms with van der Waals surface area (Å²) >= 11 is 0. The van der Waals surface area contributed by atoms with Crippen LogP contribution < -0.4 is 5.32 Å². The molecule has 4 aromatic carbocycles. The first-order valence-electron chi connectivity index (χ1n) is 9.96. The number of aryl methyl sites for hydroxylation is 1. The van der Waals surface area contributed by atoms with E-state index in [1.54, 1.807) is 0 Å². The lowest BCUT2D eigenvalue weighted by Crippen LogP contribution is -2.04. The molecule has 2 heteroatoms. The molecule has 0 bridgehead atoms. The number of fused-ring (bicyclic) bond motifs is 2. The quantitative estimate of drug-likeness (QED) is 0.367. The van der Waals surface area contributed by atoms with Crippen molar-refractivity contribution in [3.63, 3.8) is 0 Å². The summed E-state index contributed by atoms with van der Waals surface area (Å²) in [5.74, 6) is 0. The first kappa shape index (κ1) is 17.4. The molecule has 0 spiro atoms. The molecule has 1 N–H and O–H groups in total. The fraction of sp³-hybridized carbons (Fsp3) is 0.0741. The lowest BCUT2D eigenvalue weighted by Gasteiger charge is -2.13. The van der Waals surface area contributed by atoms with Crippen LogP contribution in [0.5, 0.6) is 0 Å². The second-order valence-corrected chi connectivity index (χ2v) is 7.37. The second-order valence-electron chi connectivity index (χ2n) is 7.37. The Morgan fingerprint density at radius 1 is 0.655 bits per heavy atom. The maximum absolute atomic E-state index is 4.96. The molecule has 0 fully saturated rings. The third-order valence-corrected chi connectivity index (χ3v) is 5.46. The number of nitrogens with one attached hydrogen (secondary N) is 1. The van der Waals surface area contributed by atoms with Gasteiger partial charge in [-0.3, -0.25) is 4.98 Å². The van der Waals surface area contributed by atoms with Gasteiger partial charge in [0.2, 0.25) is 0 Å². The average Bonchev–Trinajstić information content (AvgIpc) is 2.78. The van der Waals surface area contributed by atoms with E-state index < -0.39 is 0 Å². The van der Waals surface area contributed by atoms with Crippen LogP contribution in [0.1, 0.15) is 11.3 Å². The Labute approximate surface area is 170 Å². The van der Waals surface area contributed by atoms with Gasteiger partial charge in [0.05, 0.1) is 17.9 Å². The minimum atomic E-state index is 0.688. The maximum atomic E-state index is 4.96. The van der Waals surface area contributed by atoms with E-state index in [1.807, 2.05) is 0 Å². The summed E-state index contributed by atoms with van der Waals surface area (Å²) in [5, 5.41) is 8.59. The van der Waals surface area contributed by atoms with Crippen LogP contribution in [-0.4, -0.2) is 4.98 Å². The molecule has 5 aromatic rings. The highest BCUT2D eigenvalue weighted by atomic mass is 14.9. The van der Waals surface area contributed by atoms with Crippen molar-refractivity contribution in [1.29, 1.82) is 0 Å². The fourth-order valence-corrected chi connectivity index (χ4v) is 3.97. The molecule has 0 atom stereocenters. The summed E-state index contributed by atoms with van der Waals surface area (Å²) in [6.07, 6.45) is 0. The zero-order chi connectivity index (χ0) is 19.6. The van der Waals surface area contributed by atoms with Crippen molar-refractivity contribution in [3.8, 4) is 11.3 Å². The Morgan fingerprint density at radius 3 is 2.21 bits per heavy atom. The van der Waals surface area contributed by atoms with Crippen molar-refractivity contribution < 1.29 is 0 Å². The number of rotatable bonds is 4. The molecule has 0 saturated carbocycles. The van der Waals surface area contributed by atoms with Gasteiger partial charge in [-0.1, -0.05) is 84.9 Å². The summed E-state index contributed by atoms with van der Waals surface area (Å²) < 4.78 is 0. The molecule has 1 aromatic heterocycles. The summed E-state index contributed by atoms with van der Waals surface area (Å²) in [5.41, 5.74) is 5.64. The van der Waals surface area contributed by atoms with Crippen LogP contribution in [0.2, 0.25) is 0 Å². The minimum absolute atomic E-state index is 0.688. The van der Waals surface area contributed by atoms with Crippen LogP contribution in [0, 0.1) is 6.92 Å². The number of benzene rings is 4. The van der Waals surface area contributed by atoms with Crippen molar-refractivity contribution in [2.24, 2.45) is 0 Å². The molecule has 2 nitrogen and oxygen atoms in total. The van der Waals surface area contributed by atoms with Gasteiger partial charge in [-0.15, -0.1) is 0 Å². The molecule has 0 unspecified atom stereocenters. The number of anilines is 1. The topological polar surface area (TPSA) is 24.9 Å². The van der Waals surface area contributed by atoms with E-state index in [9.17, 15) is 0 Å². The molecule has 1 heterocycles. The predicted octanol–water partition coefficient (Wildman–Crippen LogP) is 6.98. The Bertz CT molecular complexity index is 1320. The van der Waals surface area contributed by atoms with E-state index in [2.05, 4.69) is 109 Å². The van der Waals surface area contributed by atoms with E-state index in [-0.39, 0.29) is 0 Å².